The molecule has 1 aliphatic carbocycles. The van der Waals surface area contributed by atoms with Crippen LogP contribution in [-0.2, 0) is 6.18 Å². The third-order valence-corrected chi connectivity index (χ3v) is 3.49. The van der Waals surface area contributed by atoms with Crippen LogP contribution in [0.15, 0.2) is 35.1 Å². The molecule has 10 heteroatoms. The van der Waals surface area contributed by atoms with Gasteiger partial charge < -0.3 is 5.32 Å². The second kappa shape index (κ2) is 5.62. The van der Waals surface area contributed by atoms with Gasteiger partial charge in [0, 0.05) is 29.9 Å². The molecule has 7 nitrogen and oxygen atoms in total. The van der Waals surface area contributed by atoms with Gasteiger partial charge >= 0.3 is 6.18 Å². The summed E-state index contributed by atoms with van der Waals surface area (Å²) < 4.78 is 39.8. The zero-order valence-corrected chi connectivity index (χ0v) is 12.1. The summed E-state index contributed by atoms with van der Waals surface area (Å²) >= 11 is 0. The maximum absolute atomic E-state index is 12.9. The fraction of sp³-hybridized carbons (Fsp3) is 0.286. The molecule has 1 aromatic heterocycles. The number of hydrogen-bond donors (Lipinski definition) is 1. The van der Waals surface area contributed by atoms with Gasteiger partial charge in [-0.25, -0.2) is 4.98 Å². The first kappa shape index (κ1) is 16.0. The molecule has 1 aliphatic rings. The van der Waals surface area contributed by atoms with Crippen LogP contribution in [-0.4, -0.2) is 14.5 Å². The van der Waals surface area contributed by atoms with Gasteiger partial charge in [-0.1, -0.05) is 0 Å². The molecule has 0 radical (unpaired) electrons. The van der Waals surface area contributed by atoms with Crippen LogP contribution in [0.5, 0.6) is 0 Å². The molecular formula is C14H11F3N4O3. The number of non-ortho nitro benzene ring substituents is 1. The normalized spacial score (nSPS) is 14.5. The van der Waals surface area contributed by atoms with Crippen LogP contribution in [0.3, 0.4) is 0 Å². The van der Waals surface area contributed by atoms with E-state index in [-0.39, 0.29) is 17.7 Å². The number of aromatic nitrogens is 2. The molecule has 1 saturated carbocycles. The first-order valence-corrected chi connectivity index (χ1v) is 6.98. The van der Waals surface area contributed by atoms with E-state index in [0.29, 0.717) is 24.6 Å². The van der Waals surface area contributed by atoms with Crippen molar-refractivity contribution in [3.05, 3.63) is 56.5 Å². The summed E-state index contributed by atoms with van der Waals surface area (Å²) in [5, 5.41) is 13.3. The van der Waals surface area contributed by atoms with Gasteiger partial charge in [-0.05, 0) is 25.0 Å². The highest BCUT2D eigenvalue weighted by atomic mass is 19.4. The third kappa shape index (κ3) is 3.21. The van der Waals surface area contributed by atoms with Crippen LogP contribution >= 0.6 is 0 Å². The number of nitrogens with one attached hydrogen (secondary N) is 1. The Kier molecular flexibility index (Phi) is 3.74. The van der Waals surface area contributed by atoms with E-state index in [0.717, 1.165) is 0 Å². The minimum Gasteiger partial charge on any atom is -0.326 e. The molecule has 24 heavy (non-hydrogen) atoms. The van der Waals surface area contributed by atoms with Gasteiger partial charge in [0.05, 0.1) is 4.92 Å². The summed E-state index contributed by atoms with van der Waals surface area (Å²) in [6.45, 7) is 0. The quantitative estimate of drug-likeness (QED) is 0.681. The summed E-state index contributed by atoms with van der Waals surface area (Å²) in [6.07, 6.45) is -3.38. The fourth-order valence-corrected chi connectivity index (χ4v) is 2.21. The number of benzene rings is 1. The largest absolute Gasteiger partial charge is 0.433 e. The topological polar surface area (TPSA) is 90.1 Å². The van der Waals surface area contributed by atoms with Crippen LogP contribution in [0.2, 0.25) is 0 Å². The third-order valence-electron chi connectivity index (χ3n) is 3.49. The van der Waals surface area contributed by atoms with Crippen molar-refractivity contribution in [2.45, 2.75) is 25.1 Å². The Morgan fingerprint density at radius 2 is 1.88 bits per heavy atom. The van der Waals surface area contributed by atoms with Crippen LogP contribution in [0.4, 0.5) is 30.5 Å². The Labute approximate surface area is 132 Å². The molecule has 0 amide bonds. The molecule has 0 unspecified atom stereocenters. The van der Waals surface area contributed by atoms with E-state index in [1.54, 1.807) is 0 Å². The number of nitrogens with zero attached hydrogens (tertiary/aromatic N) is 3. The van der Waals surface area contributed by atoms with Gasteiger partial charge in [-0.15, -0.1) is 0 Å². The first-order chi connectivity index (χ1) is 11.3. The SMILES string of the molecule is O=c1cc(C(F)(F)F)nc(Nc2ccc([N+](=O)[O-])cc2)n1C1CC1. The van der Waals surface area contributed by atoms with Crippen molar-refractivity contribution < 1.29 is 18.1 Å². The van der Waals surface area contributed by atoms with Crippen molar-refractivity contribution in [1.82, 2.24) is 9.55 Å². The predicted octanol–water partition coefficient (Wildman–Crippen LogP) is 3.25. The Morgan fingerprint density at radius 3 is 2.38 bits per heavy atom. The van der Waals surface area contributed by atoms with Gasteiger partial charge in [-0.3, -0.25) is 19.5 Å². The van der Waals surface area contributed by atoms with E-state index >= 15 is 0 Å². The predicted molar refractivity (Wildman–Crippen MR) is 78.1 cm³/mol. The van der Waals surface area contributed by atoms with Crippen LogP contribution in [0.25, 0.3) is 0 Å². The molecule has 2 aromatic rings. The van der Waals surface area contributed by atoms with Gasteiger partial charge in [0.1, 0.15) is 0 Å². The van der Waals surface area contributed by atoms with Crippen molar-refractivity contribution in [3.8, 4) is 0 Å². The number of halogens is 3. The lowest BCUT2D eigenvalue weighted by atomic mass is 10.3. The number of anilines is 2. The van der Waals surface area contributed by atoms with Crippen molar-refractivity contribution in [2.24, 2.45) is 0 Å². The van der Waals surface area contributed by atoms with E-state index in [1.165, 1.54) is 28.8 Å². The van der Waals surface area contributed by atoms with E-state index in [1.807, 2.05) is 0 Å². The molecule has 0 bridgehead atoms. The standard InChI is InChI=1S/C14H11F3N4O3/c15-14(16,17)11-7-12(22)20(9-5-6-9)13(19-11)18-8-1-3-10(4-2-8)21(23)24/h1-4,7,9H,5-6H2,(H,18,19). The lowest BCUT2D eigenvalue weighted by molar-refractivity contribution is -0.384. The molecule has 0 aliphatic heterocycles. The maximum Gasteiger partial charge on any atom is 0.433 e. The second-order valence-corrected chi connectivity index (χ2v) is 5.33. The maximum atomic E-state index is 12.9. The number of rotatable bonds is 4. The molecule has 1 aromatic carbocycles. The van der Waals surface area contributed by atoms with Gasteiger partial charge in [0.15, 0.2) is 5.69 Å². The second-order valence-electron chi connectivity index (χ2n) is 5.33. The van der Waals surface area contributed by atoms with Gasteiger partial charge in [0.2, 0.25) is 5.95 Å². The Balaban J connectivity index is 2.00. The van der Waals surface area contributed by atoms with Crippen molar-refractivity contribution in [2.75, 3.05) is 5.32 Å². The highest BCUT2D eigenvalue weighted by Crippen LogP contribution is 2.37. The summed E-state index contributed by atoms with van der Waals surface area (Å²) in [5.41, 5.74) is -1.93. The molecule has 3 rings (SSSR count). The number of nitro benzene ring substituents is 1. The number of alkyl halides is 3. The van der Waals surface area contributed by atoms with Crippen molar-refractivity contribution in [3.63, 3.8) is 0 Å². The molecular weight excluding hydrogens is 329 g/mol. The molecule has 1 N–H and O–H groups in total. The highest BCUT2D eigenvalue weighted by Gasteiger charge is 2.36. The van der Waals surface area contributed by atoms with E-state index in [4.69, 9.17) is 0 Å². The van der Waals surface area contributed by atoms with Crippen LogP contribution in [0, 0.1) is 10.1 Å². The molecule has 0 saturated heterocycles. The average Bonchev–Trinajstić information content (AvgIpc) is 3.31. The smallest absolute Gasteiger partial charge is 0.326 e. The van der Waals surface area contributed by atoms with Gasteiger partial charge in [0.25, 0.3) is 11.2 Å². The molecule has 1 heterocycles. The van der Waals surface area contributed by atoms with Crippen LogP contribution < -0.4 is 10.9 Å². The zero-order chi connectivity index (χ0) is 17.5. The van der Waals surface area contributed by atoms with E-state index in [9.17, 15) is 28.1 Å². The van der Waals surface area contributed by atoms with E-state index in [2.05, 4.69) is 10.3 Å². The fourth-order valence-electron chi connectivity index (χ4n) is 2.21. The summed E-state index contributed by atoms with van der Waals surface area (Å²) in [7, 11) is 0. The first-order valence-electron chi connectivity index (χ1n) is 6.98. The summed E-state index contributed by atoms with van der Waals surface area (Å²) in [4.78, 5) is 25.6. The Morgan fingerprint density at radius 1 is 1.25 bits per heavy atom. The monoisotopic (exact) mass is 340 g/mol. The molecule has 1 fully saturated rings. The molecule has 0 spiro atoms. The number of nitro groups is 1. The number of hydrogen-bond acceptors (Lipinski definition) is 5. The minimum atomic E-state index is -4.74. The molecule has 0 atom stereocenters. The Bertz CT molecular complexity index is 842. The van der Waals surface area contributed by atoms with Gasteiger partial charge in [-0.2, -0.15) is 13.2 Å². The van der Waals surface area contributed by atoms with Crippen molar-refractivity contribution in [1.29, 1.82) is 0 Å². The average molecular weight is 340 g/mol. The molecule has 126 valence electrons. The highest BCUT2D eigenvalue weighted by molar-refractivity contribution is 5.56. The van der Waals surface area contributed by atoms with Crippen molar-refractivity contribution >= 4 is 17.3 Å². The van der Waals surface area contributed by atoms with E-state index < -0.39 is 22.4 Å². The minimum absolute atomic E-state index is 0.155. The summed E-state index contributed by atoms with van der Waals surface area (Å²) in [5.74, 6) is -0.230. The lowest BCUT2D eigenvalue weighted by Gasteiger charge is -2.15. The summed E-state index contributed by atoms with van der Waals surface area (Å²) in [6, 6.07) is 5.36. The van der Waals surface area contributed by atoms with Crippen LogP contribution in [0.1, 0.15) is 24.6 Å². The zero-order valence-electron chi connectivity index (χ0n) is 12.1. The Hall–Kier alpha value is -2.91. The lowest BCUT2D eigenvalue weighted by Crippen LogP contribution is -2.26.